The highest BCUT2D eigenvalue weighted by Crippen LogP contribution is 2.37. The van der Waals surface area contributed by atoms with Gasteiger partial charge in [0.2, 0.25) is 0 Å². The molecule has 0 bridgehead atoms. The van der Waals surface area contributed by atoms with Crippen molar-refractivity contribution in [2.24, 2.45) is 5.90 Å². The van der Waals surface area contributed by atoms with E-state index in [1.165, 1.54) is 22.3 Å². The van der Waals surface area contributed by atoms with Gasteiger partial charge in [0.25, 0.3) is 0 Å². The van der Waals surface area contributed by atoms with Gasteiger partial charge < -0.3 is 4.84 Å². The first kappa shape index (κ1) is 16.6. The highest BCUT2D eigenvalue weighted by atomic mass is 16.6. The van der Waals surface area contributed by atoms with Crippen molar-refractivity contribution in [3.05, 3.63) is 58.7 Å². The molecule has 22 heavy (non-hydrogen) atoms. The lowest BCUT2D eigenvalue weighted by Crippen LogP contribution is -2.17. The maximum absolute atomic E-state index is 5.57. The third kappa shape index (κ3) is 3.33. The smallest absolute Gasteiger partial charge is 0.157 e. The predicted molar refractivity (Wildman–Crippen MR) is 94.9 cm³/mol. The normalized spacial score (nSPS) is 14.7. The fraction of sp³-hybridized carbons (Fsp3) is 0.400. The molecule has 1 aromatic carbocycles. The largest absolute Gasteiger partial charge is 0.411 e. The second-order valence-electron chi connectivity index (χ2n) is 6.95. The third-order valence-electron chi connectivity index (χ3n) is 4.29. The minimum Gasteiger partial charge on any atom is -0.411 e. The van der Waals surface area contributed by atoms with Crippen LogP contribution in [0.15, 0.2) is 36.4 Å². The standard InChI is InChI=1S/C20H27NO/c1-6-16-13-18(20(3,4)5)14(2)17(19(16)22-21)12-15-10-8-7-9-11-15/h6,8,10-11,13H,1,7,9,12,21H2,2-5H3. The van der Waals surface area contributed by atoms with Crippen LogP contribution in [-0.2, 0) is 11.8 Å². The molecule has 1 aromatic rings. The zero-order valence-corrected chi connectivity index (χ0v) is 14.2. The quantitative estimate of drug-likeness (QED) is 0.793. The molecule has 0 atom stereocenters. The molecule has 0 amide bonds. The summed E-state index contributed by atoms with van der Waals surface area (Å²) >= 11 is 0. The number of rotatable bonds is 4. The topological polar surface area (TPSA) is 35.2 Å². The summed E-state index contributed by atoms with van der Waals surface area (Å²) in [5.74, 6) is 6.33. The summed E-state index contributed by atoms with van der Waals surface area (Å²) < 4.78 is 0. The molecule has 2 rings (SSSR count). The maximum Gasteiger partial charge on any atom is 0.157 e. The Hall–Kier alpha value is -1.80. The highest BCUT2D eigenvalue weighted by molar-refractivity contribution is 5.64. The fourth-order valence-corrected chi connectivity index (χ4v) is 3.12. The van der Waals surface area contributed by atoms with E-state index in [9.17, 15) is 0 Å². The molecule has 0 saturated heterocycles. The average molecular weight is 297 g/mol. The van der Waals surface area contributed by atoms with Crippen LogP contribution in [-0.4, -0.2) is 0 Å². The highest BCUT2D eigenvalue weighted by Gasteiger charge is 2.23. The van der Waals surface area contributed by atoms with Crippen molar-refractivity contribution >= 4 is 6.08 Å². The van der Waals surface area contributed by atoms with Crippen LogP contribution < -0.4 is 10.7 Å². The van der Waals surface area contributed by atoms with Crippen molar-refractivity contribution in [1.82, 2.24) is 0 Å². The third-order valence-corrected chi connectivity index (χ3v) is 4.29. The molecule has 0 heterocycles. The minimum atomic E-state index is 0.0699. The van der Waals surface area contributed by atoms with Crippen molar-refractivity contribution in [2.75, 3.05) is 0 Å². The molecule has 0 spiro atoms. The van der Waals surface area contributed by atoms with E-state index in [0.29, 0.717) is 0 Å². The van der Waals surface area contributed by atoms with E-state index in [2.05, 4.69) is 58.6 Å². The van der Waals surface area contributed by atoms with Gasteiger partial charge in [0, 0.05) is 17.5 Å². The summed E-state index contributed by atoms with van der Waals surface area (Å²) in [6.45, 7) is 12.8. The molecular weight excluding hydrogens is 270 g/mol. The molecule has 2 nitrogen and oxygen atoms in total. The van der Waals surface area contributed by atoms with E-state index >= 15 is 0 Å². The predicted octanol–water partition coefficient (Wildman–Crippen LogP) is 5.01. The number of benzene rings is 1. The van der Waals surface area contributed by atoms with Gasteiger partial charge in [-0.3, -0.25) is 0 Å². The molecule has 0 unspecified atom stereocenters. The van der Waals surface area contributed by atoms with Crippen LogP contribution >= 0.6 is 0 Å². The van der Waals surface area contributed by atoms with Crippen molar-refractivity contribution in [2.45, 2.75) is 52.4 Å². The van der Waals surface area contributed by atoms with Gasteiger partial charge in [-0.1, -0.05) is 51.7 Å². The lowest BCUT2D eigenvalue weighted by molar-refractivity contribution is 0.330. The van der Waals surface area contributed by atoms with E-state index in [1.54, 1.807) is 0 Å². The molecule has 2 heteroatoms. The number of hydrogen-bond donors (Lipinski definition) is 1. The van der Waals surface area contributed by atoms with Gasteiger partial charge >= 0.3 is 0 Å². The molecule has 118 valence electrons. The summed E-state index contributed by atoms with van der Waals surface area (Å²) in [7, 11) is 0. The molecule has 0 aliphatic heterocycles. The molecule has 1 aliphatic rings. The van der Waals surface area contributed by atoms with Gasteiger partial charge in [-0.05, 0) is 47.9 Å². The Bertz CT molecular complexity index is 630. The first-order valence-electron chi connectivity index (χ1n) is 7.90. The zero-order chi connectivity index (χ0) is 16.3. The monoisotopic (exact) mass is 297 g/mol. The van der Waals surface area contributed by atoms with E-state index in [4.69, 9.17) is 10.7 Å². The van der Waals surface area contributed by atoms with Crippen molar-refractivity contribution in [3.63, 3.8) is 0 Å². The second-order valence-corrected chi connectivity index (χ2v) is 6.95. The summed E-state index contributed by atoms with van der Waals surface area (Å²) in [5, 5.41) is 0. The van der Waals surface area contributed by atoms with Gasteiger partial charge in [0.05, 0.1) is 0 Å². The second kappa shape index (κ2) is 6.53. The Kier molecular flexibility index (Phi) is 4.92. The molecule has 2 N–H and O–H groups in total. The first-order chi connectivity index (χ1) is 10.4. The molecular formula is C20H27NO. The Labute approximate surface area is 134 Å². The summed E-state index contributed by atoms with van der Waals surface area (Å²) in [6, 6.07) is 2.15. The maximum atomic E-state index is 5.57. The van der Waals surface area contributed by atoms with Crippen LogP contribution in [0.4, 0.5) is 0 Å². The molecule has 0 aromatic heterocycles. The van der Waals surface area contributed by atoms with E-state index in [-0.39, 0.29) is 5.41 Å². The van der Waals surface area contributed by atoms with Crippen LogP contribution in [0.2, 0.25) is 0 Å². The summed E-state index contributed by atoms with van der Waals surface area (Å²) in [6.07, 6.45) is 11.7. The number of nitrogens with two attached hydrogens (primary N) is 1. The van der Waals surface area contributed by atoms with Gasteiger partial charge in [-0.2, -0.15) is 5.90 Å². The SMILES string of the molecule is C=Cc1cc(C(C)(C)C)c(C)c(CC2=CCCC=C2)c1ON. The summed E-state index contributed by atoms with van der Waals surface area (Å²) in [5.41, 5.74) is 6.11. The van der Waals surface area contributed by atoms with Crippen LogP contribution in [0, 0.1) is 6.92 Å². The molecule has 0 radical (unpaired) electrons. The van der Waals surface area contributed by atoms with Crippen LogP contribution in [0.1, 0.15) is 55.9 Å². The minimum absolute atomic E-state index is 0.0699. The van der Waals surface area contributed by atoms with Crippen LogP contribution in [0.25, 0.3) is 6.08 Å². The van der Waals surface area contributed by atoms with Crippen molar-refractivity contribution in [1.29, 1.82) is 0 Å². The summed E-state index contributed by atoms with van der Waals surface area (Å²) in [4.78, 5) is 5.23. The molecule has 0 fully saturated rings. The van der Waals surface area contributed by atoms with Crippen LogP contribution in [0.5, 0.6) is 5.75 Å². The Morgan fingerprint density at radius 3 is 2.55 bits per heavy atom. The molecule has 0 saturated carbocycles. The number of hydrogen-bond acceptors (Lipinski definition) is 2. The Morgan fingerprint density at radius 1 is 1.32 bits per heavy atom. The zero-order valence-electron chi connectivity index (χ0n) is 14.2. The van der Waals surface area contributed by atoms with Gasteiger partial charge in [-0.25, -0.2) is 0 Å². The molecule has 1 aliphatic carbocycles. The Morgan fingerprint density at radius 2 is 2.05 bits per heavy atom. The van der Waals surface area contributed by atoms with Crippen molar-refractivity contribution in [3.8, 4) is 5.75 Å². The lowest BCUT2D eigenvalue weighted by Gasteiger charge is -2.26. The average Bonchev–Trinajstić information content (AvgIpc) is 2.48. The van der Waals surface area contributed by atoms with E-state index in [0.717, 1.165) is 30.6 Å². The Balaban J connectivity index is 2.60. The fourth-order valence-electron chi connectivity index (χ4n) is 3.12. The van der Waals surface area contributed by atoms with Crippen LogP contribution in [0.3, 0.4) is 0 Å². The van der Waals surface area contributed by atoms with Crippen molar-refractivity contribution < 1.29 is 4.84 Å². The number of allylic oxidation sites excluding steroid dienone is 4. The van der Waals surface area contributed by atoms with Gasteiger partial charge in [-0.15, -0.1) is 0 Å². The van der Waals surface area contributed by atoms with Gasteiger partial charge in [0.15, 0.2) is 5.75 Å². The lowest BCUT2D eigenvalue weighted by atomic mass is 9.80. The van der Waals surface area contributed by atoms with E-state index < -0.39 is 0 Å². The van der Waals surface area contributed by atoms with E-state index in [1.807, 2.05) is 6.08 Å². The first-order valence-corrected chi connectivity index (χ1v) is 7.90. The van der Waals surface area contributed by atoms with Gasteiger partial charge in [0.1, 0.15) is 0 Å².